The standard InChI is InChI=1S/C12H19N3O2/c16-6-2-10-9-15(14-13-10)11-3-7-17-12(8-11)4-1-5-12/h9,11,16H,1-8H2. The van der Waals surface area contributed by atoms with Gasteiger partial charge in [0.25, 0.3) is 0 Å². The highest BCUT2D eigenvalue weighted by Gasteiger charge is 2.43. The van der Waals surface area contributed by atoms with Crippen LogP contribution in [0.4, 0.5) is 0 Å². The van der Waals surface area contributed by atoms with E-state index in [-0.39, 0.29) is 12.2 Å². The van der Waals surface area contributed by atoms with Crippen molar-refractivity contribution in [3.8, 4) is 0 Å². The molecule has 1 unspecified atom stereocenters. The summed E-state index contributed by atoms with van der Waals surface area (Å²) in [6.45, 7) is 0.969. The van der Waals surface area contributed by atoms with Gasteiger partial charge in [-0.3, -0.25) is 0 Å². The molecule has 1 aliphatic carbocycles. The first-order chi connectivity index (χ1) is 8.31. The van der Waals surface area contributed by atoms with Crippen LogP contribution in [0.2, 0.25) is 0 Å². The van der Waals surface area contributed by atoms with Gasteiger partial charge >= 0.3 is 0 Å². The van der Waals surface area contributed by atoms with Crippen LogP contribution >= 0.6 is 0 Å². The molecule has 1 spiro atoms. The predicted molar refractivity (Wildman–Crippen MR) is 61.6 cm³/mol. The number of aliphatic hydroxyl groups is 1. The van der Waals surface area contributed by atoms with Crippen molar-refractivity contribution >= 4 is 0 Å². The summed E-state index contributed by atoms with van der Waals surface area (Å²) in [5.41, 5.74) is 1.02. The van der Waals surface area contributed by atoms with E-state index in [1.54, 1.807) is 0 Å². The molecule has 5 nitrogen and oxygen atoms in total. The first-order valence-corrected chi connectivity index (χ1v) is 6.47. The monoisotopic (exact) mass is 237 g/mol. The lowest BCUT2D eigenvalue weighted by Crippen LogP contribution is -2.46. The maximum absolute atomic E-state index is 8.87. The highest BCUT2D eigenvalue weighted by atomic mass is 16.5. The highest BCUT2D eigenvalue weighted by Crippen LogP contribution is 2.45. The third-order valence-corrected chi connectivity index (χ3v) is 4.03. The molecule has 2 heterocycles. The molecule has 0 bridgehead atoms. The Morgan fingerprint density at radius 3 is 3.12 bits per heavy atom. The van der Waals surface area contributed by atoms with Crippen molar-refractivity contribution < 1.29 is 9.84 Å². The minimum Gasteiger partial charge on any atom is -0.396 e. The van der Waals surface area contributed by atoms with Crippen molar-refractivity contribution in [3.63, 3.8) is 0 Å². The summed E-state index contributed by atoms with van der Waals surface area (Å²) in [7, 11) is 0. The average Bonchev–Trinajstić information content (AvgIpc) is 2.76. The van der Waals surface area contributed by atoms with E-state index in [1.165, 1.54) is 19.3 Å². The molecule has 1 saturated heterocycles. The smallest absolute Gasteiger partial charge is 0.0850 e. The van der Waals surface area contributed by atoms with Crippen molar-refractivity contribution in [3.05, 3.63) is 11.9 Å². The van der Waals surface area contributed by atoms with Crippen LogP contribution in [0.3, 0.4) is 0 Å². The van der Waals surface area contributed by atoms with E-state index in [2.05, 4.69) is 10.3 Å². The molecule has 0 aromatic carbocycles. The van der Waals surface area contributed by atoms with Crippen LogP contribution in [0.1, 0.15) is 43.8 Å². The number of nitrogens with zero attached hydrogens (tertiary/aromatic N) is 3. The lowest BCUT2D eigenvalue weighted by atomic mass is 9.74. The van der Waals surface area contributed by atoms with E-state index >= 15 is 0 Å². The number of aliphatic hydroxyl groups excluding tert-OH is 1. The number of rotatable bonds is 3. The Balaban J connectivity index is 1.69. The third kappa shape index (κ3) is 2.09. The molecular formula is C12H19N3O2. The SMILES string of the molecule is OCCc1cn(C2CCOC3(CCC3)C2)nn1. The van der Waals surface area contributed by atoms with Crippen molar-refractivity contribution in [2.45, 2.75) is 50.2 Å². The lowest BCUT2D eigenvalue weighted by Gasteiger charge is -2.47. The van der Waals surface area contributed by atoms with E-state index in [0.29, 0.717) is 12.5 Å². The van der Waals surface area contributed by atoms with E-state index < -0.39 is 0 Å². The molecular weight excluding hydrogens is 218 g/mol. The Kier molecular flexibility index (Phi) is 2.88. The molecule has 0 radical (unpaired) electrons. The van der Waals surface area contributed by atoms with Gasteiger partial charge in [0.2, 0.25) is 0 Å². The Bertz CT molecular complexity index is 387. The molecule has 1 aliphatic heterocycles. The van der Waals surface area contributed by atoms with Gasteiger partial charge in [-0.2, -0.15) is 0 Å². The Hall–Kier alpha value is -0.940. The Labute approximate surface area is 101 Å². The topological polar surface area (TPSA) is 60.2 Å². The normalized spacial score (nSPS) is 27.0. The molecule has 1 N–H and O–H groups in total. The number of hydrogen-bond acceptors (Lipinski definition) is 4. The van der Waals surface area contributed by atoms with Gasteiger partial charge in [-0.25, -0.2) is 4.68 Å². The van der Waals surface area contributed by atoms with Crippen molar-refractivity contribution in [2.24, 2.45) is 0 Å². The summed E-state index contributed by atoms with van der Waals surface area (Å²) < 4.78 is 7.87. The van der Waals surface area contributed by atoms with Gasteiger partial charge in [0.1, 0.15) is 0 Å². The summed E-state index contributed by atoms with van der Waals surface area (Å²) in [5, 5.41) is 17.1. The average molecular weight is 237 g/mol. The molecule has 17 heavy (non-hydrogen) atoms. The van der Waals surface area contributed by atoms with Crippen LogP contribution < -0.4 is 0 Å². The van der Waals surface area contributed by atoms with Gasteiger partial charge in [-0.1, -0.05) is 5.21 Å². The molecule has 0 amide bonds. The summed E-state index contributed by atoms with van der Waals surface area (Å²) in [6, 6.07) is 0.420. The van der Waals surface area contributed by atoms with Gasteiger partial charge in [0.15, 0.2) is 0 Å². The molecule has 1 saturated carbocycles. The minimum absolute atomic E-state index is 0.135. The van der Waals surface area contributed by atoms with Gasteiger partial charge in [-0.15, -0.1) is 5.10 Å². The maximum atomic E-state index is 8.87. The fraction of sp³-hybridized carbons (Fsp3) is 0.833. The molecule has 1 atom stereocenters. The molecule has 94 valence electrons. The van der Waals surface area contributed by atoms with Gasteiger partial charge in [-0.05, 0) is 32.1 Å². The van der Waals surface area contributed by atoms with E-state index in [1.807, 2.05) is 10.9 Å². The van der Waals surface area contributed by atoms with Crippen LogP contribution in [-0.2, 0) is 11.2 Å². The van der Waals surface area contributed by atoms with E-state index in [4.69, 9.17) is 9.84 Å². The fourth-order valence-corrected chi connectivity index (χ4v) is 2.87. The first kappa shape index (κ1) is 11.2. The van der Waals surface area contributed by atoms with Crippen LogP contribution in [0.25, 0.3) is 0 Å². The van der Waals surface area contributed by atoms with Gasteiger partial charge in [0, 0.05) is 25.8 Å². The molecule has 2 aliphatic rings. The summed E-state index contributed by atoms with van der Waals surface area (Å²) in [5.74, 6) is 0. The van der Waals surface area contributed by atoms with E-state index in [9.17, 15) is 0 Å². The highest BCUT2D eigenvalue weighted by molar-refractivity contribution is 4.98. The summed E-state index contributed by atoms with van der Waals surface area (Å²) in [4.78, 5) is 0. The van der Waals surface area contributed by atoms with Gasteiger partial charge in [0.05, 0.1) is 17.3 Å². The quantitative estimate of drug-likeness (QED) is 0.854. The summed E-state index contributed by atoms with van der Waals surface area (Å²) >= 11 is 0. The fourth-order valence-electron chi connectivity index (χ4n) is 2.87. The summed E-state index contributed by atoms with van der Waals surface area (Å²) in [6.07, 6.45) is 8.33. The maximum Gasteiger partial charge on any atom is 0.0850 e. The second kappa shape index (κ2) is 4.38. The Morgan fingerprint density at radius 2 is 2.41 bits per heavy atom. The number of aromatic nitrogens is 3. The third-order valence-electron chi connectivity index (χ3n) is 4.03. The zero-order chi connectivity index (χ0) is 11.7. The van der Waals surface area contributed by atoms with E-state index in [0.717, 1.165) is 25.1 Å². The van der Waals surface area contributed by atoms with Crippen LogP contribution in [-0.4, -0.2) is 38.9 Å². The molecule has 2 fully saturated rings. The zero-order valence-corrected chi connectivity index (χ0v) is 10.0. The molecule has 1 aromatic heterocycles. The van der Waals surface area contributed by atoms with Gasteiger partial charge < -0.3 is 9.84 Å². The van der Waals surface area contributed by atoms with Crippen molar-refractivity contribution in [2.75, 3.05) is 13.2 Å². The van der Waals surface area contributed by atoms with Crippen LogP contribution in [0.5, 0.6) is 0 Å². The second-order valence-corrected chi connectivity index (χ2v) is 5.20. The van der Waals surface area contributed by atoms with Crippen LogP contribution in [0.15, 0.2) is 6.20 Å². The van der Waals surface area contributed by atoms with Crippen molar-refractivity contribution in [1.82, 2.24) is 15.0 Å². The second-order valence-electron chi connectivity index (χ2n) is 5.20. The number of hydrogen-bond donors (Lipinski definition) is 1. The molecule has 1 aromatic rings. The lowest BCUT2D eigenvalue weighted by molar-refractivity contribution is -0.141. The molecule has 5 heteroatoms. The number of ether oxygens (including phenoxy) is 1. The predicted octanol–water partition coefficient (Wildman–Crippen LogP) is 1.09. The van der Waals surface area contributed by atoms with Crippen molar-refractivity contribution in [1.29, 1.82) is 0 Å². The minimum atomic E-state index is 0.135. The Morgan fingerprint density at radius 1 is 1.53 bits per heavy atom. The molecule has 3 rings (SSSR count). The van der Waals surface area contributed by atoms with Crippen LogP contribution in [0, 0.1) is 0 Å². The zero-order valence-electron chi connectivity index (χ0n) is 10.0. The first-order valence-electron chi connectivity index (χ1n) is 6.47. The largest absolute Gasteiger partial charge is 0.396 e.